The summed E-state index contributed by atoms with van der Waals surface area (Å²) in [6.07, 6.45) is 10.7. The van der Waals surface area contributed by atoms with E-state index in [4.69, 9.17) is 4.74 Å². The van der Waals surface area contributed by atoms with Gasteiger partial charge in [-0.3, -0.25) is 4.79 Å². The van der Waals surface area contributed by atoms with E-state index in [1.807, 2.05) is 0 Å². The van der Waals surface area contributed by atoms with E-state index >= 15 is 0 Å². The number of ether oxygens (including phenoxy) is 1. The minimum atomic E-state index is -0.373. The highest BCUT2D eigenvalue weighted by Gasteiger charge is 2.63. The minimum Gasteiger partial charge on any atom is -0.393 e. The number of fused-ring (bicyclic) bond motifs is 5. The lowest BCUT2D eigenvalue weighted by atomic mass is 9.46. The number of carbonyl (C=O) groups excluding carboxylic acids is 1. The molecule has 1 aliphatic heterocycles. The molecule has 32 heavy (non-hydrogen) atoms. The highest BCUT2D eigenvalue weighted by atomic mass is 16.6. The third kappa shape index (κ3) is 3.08. The molecule has 10 atom stereocenters. The van der Waals surface area contributed by atoms with Crippen LogP contribution in [0.2, 0.25) is 0 Å². The van der Waals surface area contributed by atoms with Gasteiger partial charge in [0.15, 0.2) is 5.78 Å². The lowest BCUT2D eigenvalue weighted by molar-refractivity contribution is -0.113. The maximum Gasteiger partial charge on any atom is 0.178 e. The highest BCUT2D eigenvalue weighted by molar-refractivity contribution is 6.01. The van der Waals surface area contributed by atoms with E-state index in [2.05, 4.69) is 47.6 Å². The molecule has 0 unspecified atom stereocenters. The lowest BCUT2D eigenvalue weighted by Crippen LogP contribution is -2.55. The maximum absolute atomic E-state index is 12.0. The topological polar surface area (TPSA) is 70.1 Å². The lowest BCUT2D eigenvalue weighted by Gasteiger charge is -2.59. The fourth-order valence-corrected chi connectivity index (χ4v) is 8.75. The highest BCUT2D eigenvalue weighted by Crippen LogP contribution is 2.67. The zero-order chi connectivity index (χ0) is 23.3. The van der Waals surface area contributed by atoms with Gasteiger partial charge in [-0.2, -0.15) is 0 Å². The minimum absolute atomic E-state index is 0.0593. The number of hydrogen-bond donors (Lipinski definition) is 2. The van der Waals surface area contributed by atoms with Crippen LogP contribution < -0.4 is 0 Å². The second-order valence-electron chi connectivity index (χ2n) is 13.0. The maximum atomic E-state index is 12.0. The van der Waals surface area contributed by atoms with Crippen molar-refractivity contribution in [2.75, 3.05) is 0 Å². The molecule has 1 saturated heterocycles. The SMILES string of the molecule is C[C@H]([C@H](O)C[C@]1(C)OC1(C)C)[C@H]1CC[C@H]2[C@@H]3[C@H](O)CC4=CC(=O)C=C[C@]4(C)[C@H]3CC[C@]12C. The molecule has 4 aliphatic carbocycles. The third-order valence-corrected chi connectivity index (χ3v) is 11.2. The van der Waals surface area contributed by atoms with Crippen molar-refractivity contribution in [2.24, 2.45) is 40.4 Å². The average Bonchev–Trinajstić information content (AvgIpc) is 3.02. The van der Waals surface area contributed by atoms with Gasteiger partial charge in [-0.1, -0.05) is 32.4 Å². The number of hydrogen-bond acceptors (Lipinski definition) is 4. The van der Waals surface area contributed by atoms with Crippen LogP contribution in [0.15, 0.2) is 23.8 Å². The Morgan fingerprint density at radius 3 is 2.47 bits per heavy atom. The molecule has 0 radical (unpaired) electrons. The number of epoxide rings is 1. The molecule has 0 aromatic carbocycles. The van der Waals surface area contributed by atoms with Gasteiger partial charge in [0.1, 0.15) is 0 Å². The molecule has 4 fully saturated rings. The normalized spacial score (nSPS) is 50.7. The summed E-state index contributed by atoms with van der Waals surface area (Å²) >= 11 is 0. The molecule has 5 aliphatic rings. The number of ketones is 1. The van der Waals surface area contributed by atoms with Crippen molar-refractivity contribution >= 4 is 5.78 Å². The Morgan fingerprint density at radius 2 is 1.81 bits per heavy atom. The Morgan fingerprint density at radius 1 is 1.12 bits per heavy atom. The zero-order valence-electron chi connectivity index (χ0n) is 20.7. The van der Waals surface area contributed by atoms with Crippen LogP contribution in [0.1, 0.15) is 80.1 Å². The monoisotopic (exact) mass is 442 g/mol. The quantitative estimate of drug-likeness (QED) is 0.612. The molecule has 0 amide bonds. The predicted octanol–water partition coefficient (Wildman–Crippen LogP) is 4.84. The smallest absolute Gasteiger partial charge is 0.178 e. The fraction of sp³-hybridized carbons (Fsp3) is 0.821. The summed E-state index contributed by atoms with van der Waals surface area (Å²) < 4.78 is 5.93. The van der Waals surface area contributed by atoms with Crippen molar-refractivity contribution in [2.45, 2.75) is 103 Å². The molecule has 0 aromatic heterocycles. The van der Waals surface area contributed by atoms with Crippen LogP contribution in [0.3, 0.4) is 0 Å². The van der Waals surface area contributed by atoms with Crippen molar-refractivity contribution < 1.29 is 19.7 Å². The van der Waals surface area contributed by atoms with E-state index in [0.717, 1.165) is 31.3 Å². The van der Waals surface area contributed by atoms with Gasteiger partial charge < -0.3 is 14.9 Å². The Kier molecular flexibility index (Phi) is 5.00. The molecular weight excluding hydrogens is 400 g/mol. The van der Waals surface area contributed by atoms with Crippen LogP contribution >= 0.6 is 0 Å². The second-order valence-corrected chi connectivity index (χ2v) is 13.0. The van der Waals surface area contributed by atoms with Crippen molar-refractivity contribution in [3.63, 3.8) is 0 Å². The summed E-state index contributed by atoms with van der Waals surface area (Å²) in [6.45, 7) is 13.3. The van der Waals surface area contributed by atoms with E-state index in [0.29, 0.717) is 30.6 Å². The molecule has 0 bridgehead atoms. The first kappa shape index (κ1) is 22.8. The van der Waals surface area contributed by atoms with Crippen LogP contribution in [0, 0.1) is 40.4 Å². The summed E-state index contributed by atoms with van der Waals surface area (Å²) in [7, 11) is 0. The Bertz CT molecular complexity index is 873. The molecule has 178 valence electrons. The van der Waals surface area contributed by atoms with E-state index < -0.39 is 0 Å². The Hall–Kier alpha value is -0.970. The summed E-state index contributed by atoms with van der Waals surface area (Å²) in [5.41, 5.74) is 0.802. The molecule has 4 heteroatoms. The van der Waals surface area contributed by atoms with Gasteiger partial charge in [-0.25, -0.2) is 0 Å². The van der Waals surface area contributed by atoms with E-state index in [-0.39, 0.29) is 51.9 Å². The summed E-state index contributed by atoms with van der Waals surface area (Å²) in [5, 5.41) is 22.5. The standard InChI is InChI=1S/C28H42O4/c1-16(23(31)15-28(6)25(2,3)32-28)19-7-8-20-24-21(10-12-27(19,20)5)26(4)11-9-18(29)13-17(26)14-22(24)30/h9,11,13,16,19-24,30-31H,7-8,10,12,14-15H2,1-6H3/t16-,19+,20-,21-,22+,23+,24-,26-,27+,28-/m0/s1. The van der Waals surface area contributed by atoms with Gasteiger partial charge >= 0.3 is 0 Å². The first-order chi connectivity index (χ1) is 14.8. The molecule has 0 aromatic rings. The van der Waals surface area contributed by atoms with Gasteiger partial charge in [0.2, 0.25) is 0 Å². The van der Waals surface area contributed by atoms with Gasteiger partial charge in [-0.15, -0.1) is 0 Å². The molecule has 0 spiro atoms. The number of aliphatic hydroxyl groups is 2. The molecule has 5 rings (SSSR count). The summed E-state index contributed by atoms with van der Waals surface area (Å²) in [4.78, 5) is 12.0. The summed E-state index contributed by atoms with van der Waals surface area (Å²) in [5.74, 6) is 1.88. The van der Waals surface area contributed by atoms with Crippen molar-refractivity contribution in [3.8, 4) is 0 Å². The van der Waals surface area contributed by atoms with Gasteiger partial charge in [0, 0.05) is 11.8 Å². The van der Waals surface area contributed by atoms with Gasteiger partial charge in [0.05, 0.1) is 23.4 Å². The predicted molar refractivity (Wildman–Crippen MR) is 125 cm³/mol. The van der Waals surface area contributed by atoms with Crippen molar-refractivity contribution in [3.05, 3.63) is 23.8 Å². The van der Waals surface area contributed by atoms with Crippen LogP contribution in [-0.4, -0.2) is 39.4 Å². The van der Waals surface area contributed by atoms with Gasteiger partial charge in [-0.05, 0) is 100 Å². The largest absolute Gasteiger partial charge is 0.393 e. The number of allylic oxidation sites excluding steroid dienone is 3. The molecule has 3 saturated carbocycles. The van der Waals surface area contributed by atoms with E-state index in [1.165, 1.54) is 0 Å². The van der Waals surface area contributed by atoms with Gasteiger partial charge in [0.25, 0.3) is 0 Å². The molecular formula is C28H42O4. The van der Waals surface area contributed by atoms with Crippen LogP contribution in [0.4, 0.5) is 0 Å². The number of rotatable bonds is 4. The number of carbonyl (C=O) groups is 1. The zero-order valence-corrected chi connectivity index (χ0v) is 20.7. The van der Waals surface area contributed by atoms with Crippen LogP contribution in [0.5, 0.6) is 0 Å². The van der Waals surface area contributed by atoms with E-state index in [9.17, 15) is 15.0 Å². The Labute approximate surface area is 193 Å². The second kappa shape index (κ2) is 7.02. The molecule has 2 N–H and O–H groups in total. The first-order valence-corrected chi connectivity index (χ1v) is 12.8. The fourth-order valence-electron chi connectivity index (χ4n) is 8.75. The average molecular weight is 443 g/mol. The number of aliphatic hydroxyl groups excluding tert-OH is 2. The van der Waals surface area contributed by atoms with Crippen molar-refractivity contribution in [1.82, 2.24) is 0 Å². The third-order valence-electron chi connectivity index (χ3n) is 11.2. The van der Waals surface area contributed by atoms with E-state index in [1.54, 1.807) is 12.2 Å². The first-order valence-electron chi connectivity index (χ1n) is 12.8. The van der Waals surface area contributed by atoms with Crippen LogP contribution in [-0.2, 0) is 9.53 Å². The van der Waals surface area contributed by atoms with Crippen LogP contribution in [0.25, 0.3) is 0 Å². The summed E-state index contributed by atoms with van der Waals surface area (Å²) in [6, 6.07) is 0. The molecule has 1 heterocycles. The Balaban J connectivity index is 1.37. The van der Waals surface area contributed by atoms with Crippen molar-refractivity contribution in [1.29, 1.82) is 0 Å². The molecule has 4 nitrogen and oxygen atoms in total.